The van der Waals surface area contributed by atoms with Gasteiger partial charge in [0, 0.05) is 13.0 Å². The quantitative estimate of drug-likeness (QED) is 0.700. The van der Waals surface area contributed by atoms with Crippen LogP contribution in [0.2, 0.25) is 0 Å². The van der Waals surface area contributed by atoms with Crippen LogP contribution >= 0.6 is 0 Å². The van der Waals surface area contributed by atoms with E-state index >= 15 is 0 Å². The Labute approximate surface area is 112 Å². The van der Waals surface area contributed by atoms with Gasteiger partial charge in [0.2, 0.25) is 0 Å². The number of aliphatic carboxylic acids is 1. The second-order valence-electron chi connectivity index (χ2n) is 4.84. The molecule has 0 aromatic heterocycles. The molecule has 3 rings (SSSR count). The molecule has 3 atom stereocenters. The Morgan fingerprint density at radius 2 is 2.11 bits per heavy atom. The highest BCUT2D eigenvalue weighted by Crippen LogP contribution is 2.28. The number of aliphatic hydroxyl groups is 1. The van der Waals surface area contributed by atoms with E-state index in [0.29, 0.717) is 19.4 Å². The van der Waals surface area contributed by atoms with Crippen molar-refractivity contribution in [3.05, 3.63) is 35.4 Å². The first-order valence-corrected chi connectivity index (χ1v) is 6.45. The normalized spacial score (nSPS) is 28.4. The van der Waals surface area contributed by atoms with Gasteiger partial charge in [0.05, 0.1) is 12.1 Å². The van der Waals surface area contributed by atoms with E-state index in [0.717, 1.165) is 12.0 Å². The van der Waals surface area contributed by atoms with E-state index in [1.54, 1.807) is 0 Å². The van der Waals surface area contributed by atoms with Crippen LogP contribution in [-0.2, 0) is 16.0 Å². The van der Waals surface area contributed by atoms with Crippen molar-refractivity contribution in [3.8, 4) is 0 Å². The summed E-state index contributed by atoms with van der Waals surface area (Å²) >= 11 is 0. The first kappa shape index (κ1) is 14.0. The molecule has 1 saturated heterocycles. The van der Waals surface area contributed by atoms with E-state index in [-0.39, 0.29) is 12.1 Å². The molecule has 0 amide bonds. The largest absolute Gasteiger partial charge is 0.479 e. The Kier molecular flexibility index (Phi) is 4.52. The zero-order valence-corrected chi connectivity index (χ0v) is 10.7. The number of nitrogens with two attached hydrogens (primary N) is 1. The summed E-state index contributed by atoms with van der Waals surface area (Å²) in [6.07, 6.45) is 1.37. The van der Waals surface area contributed by atoms with Gasteiger partial charge in [-0.1, -0.05) is 24.3 Å². The first-order chi connectivity index (χ1) is 9.09. The third-order valence-electron chi connectivity index (χ3n) is 3.46. The molecule has 0 spiro atoms. The van der Waals surface area contributed by atoms with Crippen LogP contribution in [0.5, 0.6) is 0 Å². The molecule has 1 aromatic carbocycles. The van der Waals surface area contributed by atoms with Crippen LogP contribution < -0.4 is 5.73 Å². The van der Waals surface area contributed by atoms with Crippen molar-refractivity contribution in [1.82, 2.24) is 0 Å². The smallest absolute Gasteiger partial charge is 0.332 e. The van der Waals surface area contributed by atoms with Gasteiger partial charge in [-0.2, -0.15) is 0 Å². The molecular weight excluding hydrogens is 246 g/mol. The minimum atomic E-state index is -0.831. The van der Waals surface area contributed by atoms with Gasteiger partial charge < -0.3 is 20.7 Å². The number of fused-ring (bicyclic) bond motifs is 1. The van der Waals surface area contributed by atoms with Crippen molar-refractivity contribution in [3.63, 3.8) is 0 Å². The highest BCUT2D eigenvalue weighted by Gasteiger charge is 2.26. The van der Waals surface area contributed by atoms with Crippen LogP contribution in [0.3, 0.4) is 0 Å². The number of rotatable bonds is 1. The second kappa shape index (κ2) is 6.14. The molecule has 1 aliphatic carbocycles. The van der Waals surface area contributed by atoms with Crippen molar-refractivity contribution in [2.45, 2.75) is 37.5 Å². The number of carboxylic acid groups (broad SMARTS) is 1. The molecule has 1 aromatic rings. The molecule has 0 radical (unpaired) electrons. The van der Waals surface area contributed by atoms with Crippen LogP contribution in [0.15, 0.2) is 24.3 Å². The van der Waals surface area contributed by atoms with Crippen LogP contribution in [0, 0.1) is 0 Å². The molecule has 5 nitrogen and oxygen atoms in total. The predicted molar refractivity (Wildman–Crippen MR) is 69.7 cm³/mol. The van der Waals surface area contributed by atoms with Gasteiger partial charge in [-0.3, -0.25) is 0 Å². The van der Waals surface area contributed by atoms with E-state index in [1.807, 2.05) is 24.3 Å². The average molecular weight is 265 g/mol. The van der Waals surface area contributed by atoms with E-state index in [2.05, 4.69) is 0 Å². The minimum absolute atomic E-state index is 0.175. The maximum absolute atomic E-state index is 10.1. The lowest BCUT2D eigenvalue weighted by atomic mass is 10.1. The van der Waals surface area contributed by atoms with Crippen LogP contribution in [0.25, 0.3) is 0 Å². The third kappa shape index (κ3) is 3.32. The van der Waals surface area contributed by atoms with Gasteiger partial charge in [0.1, 0.15) is 0 Å². The summed E-state index contributed by atoms with van der Waals surface area (Å²) in [4.78, 5) is 10.1. The number of hydrogen-bond donors (Lipinski definition) is 3. The SMILES string of the molecule is N[C@H]1c2ccccc2C[C@H]1O.O=C(O)C1CCCO1. The minimum Gasteiger partial charge on any atom is -0.479 e. The molecular formula is C14H19NO4. The lowest BCUT2D eigenvalue weighted by Crippen LogP contribution is -2.21. The molecule has 2 aliphatic rings. The summed E-state index contributed by atoms with van der Waals surface area (Å²) in [5.74, 6) is -0.831. The lowest BCUT2D eigenvalue weighted by Gasteiger charge is -2.07. The number of carbonyl (C=O) groups is 1. The molecule has 4 N–H and O–H groups in total. The number of benzene rings is 1. The van der Waals surface area contributed by atoms with Gasteiger partial charge in [0.25, 0.3) is 0 Å². The Morgan fingerprint density at radius 1 is 1.37 bits per heavy atom. The number of carboxylic acids is 1. The topological polar surface area (TPSA) is 92.8 Å². The fourth-order valence-corrected chi connectivity index (χ4v) is 2.38. The summed E-state index contributed by atoms with van der Waals surface area (Å²) in [6.45, 7) is 0.608. The summed E-state index contributed by atoms with van der Waals surface area (Å²) in [5.41, 5.74) is 8.02. The third-order valence-corrected chi connectivity index (χ3v) is 3.46. The van der Waals surface area contributed by atoms with Gasteiger partial charge in [-0.25, -0.2) is 4.79 Å². The maximum Gasteiger partial charge on any atom is 0.332 e. The molecule has 19 heavy (non-hydrogen) atoms. The van der Waals surface area contributed by atoms with Crippen LogP contribution in [-0.4, -0.2) is 35.0 Å². The summed E-state index contributed by atoms with van der Waals surface area (Å²) in [6, 6.07) is 7.76. The zero-order chi connectivity index (χ0) is 13.8. The maximum atomic E-state index is 10.1. The molecule has 1 heterocycles. The second-order valence-corrected chi connectivity index (χ2v) is 4.84. The molecule has 0 bridgehead atoms. The van der Waals surface area contributed by atoms with Crippen molar-refractivity contribution in [2.75, 3.05) is 6.61 Å². The highest BCUT2D eigenvalue weighted by atomic mass is 16.5. The Morgan fingerprint density at radius 3 is 2.63 bits per heavy atom. The van der Waals surface area contributed by atoms with E-state index in [4.69, 9.17) is 15.6 Å². The first-order valence-electron chi connectivity index (χ1n) is 6.45. The number of ether oxygens (including phenoxy) is 1. The molecule has 5 heteroatoms. The molecule has 1 fully saturated rings. The zero-order valence-electron chi connectivity index (χ0n) is 10.7. The van der Waals surface area contributed by atoms with Gasteiger partial charge >= 0.3 is 5.97 Å². The molecule has 1 aliphatic heterocycles. The Balaban J connectivity index is 0.000000148. The standard InChI is InChI=1S/C9H11NO.C5H8O3/c10-9-7-4-2-1-3-6(7)5-8(9)11;6-5(7)4-2-1-3-8-4/h1-4,8-9,11H,5,10H2;4H,1-3H2,(H,6,7)/t8-,9+;/m1./s1. The van der Waals surface area contributed by atoms with Crippen molar-refractivity contribution < 1.29 is 19.7 Å². The Bertz CT molecular complexity index is 443. The molecule has 1 unspecified atom stereocenters. The van der Waals surface area contributed by atoms with Crippen molar-refractivity contribution in [1.29, 1.82) is 0 Å². The van der Waals surface area contributed by atoms with Crippen molar-refractivity contribution in [2.24, 2.45) is 5.73 Å². The summed E-state index contributed by atoms with van der Waals surface area (Å²) < 4.78 is 4.81. The van der Waals surface area contributed by atoms with E-state index < -0.39 is 12.1 Å². The number of aliphatic hydroxyl groups excluding tert-OH is 1. The summed E-state index contributed by atoms with van der Waals surface area (Å²) in [5, 5.41) is 17.7. The van der Waals surface area contributed by atoms with Crippen LogP contribution in [0.1, 0.15) is 30.0 Å². The molecule has 104 valence electrons. The van der Waals surface area contributed by atoms with Gasteiger partial charge in [-0.15, -0.1) is 0 Å². The average Bonchev–Trinajstić information content (AvgIpc) is 3.01. The van der Waals surface area contributed by atoms with Crippen molar-refractivity contribution >= 4 is 5.97 Å². The van der Waals surface area contributed by atoms with E-state index in [9.17, 15) is 9.90 Å². The van der Waals surface area contributed by atoms with Gasteiger partial charge in [-0.05, 0) is 24.0 Å². The monoisotopic (exact) mass is 265 g/mol. The van der Waals surface area contributed by atoms with Gasteiger partial charge in [0.15, 0.2) is 6.10 Å². The Hall–Kier alpha value is -1.43. The lowest BCUT2D eigenvalue weighted by molar-refractivity contribution is -0.147. The summed E-state index contributed by atoms with van der Waals surface area (Å²) in [7, 11) is 0. The van der Waals surface area contributed by atoms with E-state index in [1.165, 1.54) is 5.56 Å². The van der Waals surface area contributed by atoms with Crippen LogP contribution in [0.4, 0.5) is 0 Å². The predicted octanol–water partition coefficient (Wildman–Crippen LogP) is 0.853. The fraction of sp³-hybridized carbons (Fsp3) is 0.500. The molecule has 0 saturated carbocycles. The number of hydrogen-bond acceptors (Lipinski definition) is 4. The highest BCUT2D eigenvalue weighted by molar-refractivity contribution is 5.72. The fourth-order valence-electron chi connectivity index (χ4n) is 2.38.